The van der Waals surface area contributed by atoms with Crippen molar-refractivity contribution in [3.8, 4) is 0 Å². The smallest absolute Gasteiger partial charge is 0.309 e. The minimum Gasteiger partial charge on any atom is -0.469 e. The summed E-state index contributed by atoms with van der Waals surface area (Å²) < 4.78 is 6.75. The SMILES string of the molecule is COC(=O)Cc1ccc2c(C=O)cn(Cc3ccccc3)c2c1. The Morgan fingerprint density at radius 2 is 1.91 bits per heavy atom. The lowest BCUT2D eigenvalue weighted by Gasteiger charge is -2.07. The van der Waals surface area contributed by atoms with Gasteiger partial charge in [-0.15, -0.1) is 0 Å². The van der Waals surface area contributed by atoms with E-state index >= 15 is 0 Å². The van der Waals surface area contributed by atoms with E-state index in [2.05, 4.69) is 0 Å². The summed E-state index contributed by atoms with van der Waals surface area (Å²) >= 11 is 0. The molecule has 1 aromatic heterocycles. The predicted molar refractivity (Wildman–Crippen MR) is 88.6 cm³/mol. The average Bonchev–Trinajstić information content (AvgIpc) is 2.93. The Hall–Kier alpha value is -2.88. The van der Waals surface area contributed by atoms with Crippen LogP contribution in [0.2, 0.25) is 0 Å². The lowest BCUT2D eigenvalue weighted by atomic mass is 10.1. The lowest BCUT2D eigenvalue weighted by molar-refractivity contribution is -0.139. The highest BCUT2D eigenvalue weighted by molar-refractivity contribution is 5.98. The van der Waals surface area contributed by atoms with E-state index in [1.54, 1.807) is 0 Å². The van der Waals surface area contributed by atoms with Gasteiger partial charge in [-0.3, -0.25) is 9.59 Å². The highest BCUT2D eigenvalue weighted by atomic mass is 16.5. The molecule has 3 aromatic rings. The molecule has 0 saturated heterocycles. The second-order valence-electron chi connectivity index (χ2n) is 5.42. The number of aromatic nitrogens is 1. The van der Waals surface area contributed by atoms with Gasteiger partial charge in [0.15, 0.2) is 6.29 Å². The van der Waals surface area contributed by atoms with Gasteiger partial charge in [0.25, 0.3) is 0 Å². The third-order valence-corrected chi connectivity index (χ3v) is 3.88. The fraction of sp³-hybridized carbons (Fsp3) is 0.158. The number of esters is 1. The molecule has 4 heteroatoms. The van der Waals surface area contributed by atoms with Gasteiger partial charge >= 0.3 is 5.97 Å². The molecule has 0 N–H and O–H groups in total. The number of methoxy groups -OCH3 is 1. The van der Waals surface area contributed by atoms with Crippen LogP contribution in [-0.4, -0.2) is 23.9 Å². The Labute approximate surface area is 134 Å². The summed E-state index contributed by atoms with van der Waals surface area (Å²) in [6.07, 6.45) is 2.94. The molecule has 0 unspecified atom stereocenters. The average molecular weight is 307 g/mol. The van der Waals surface area contributed by atoms with Crippen molar-refractivity contribution in [2.45, 2.75) is 13.0 Å². The molecule has 1 heterocycles. The topological polar surface area (TPSA) is 48.3 Å². The first-order valence-corrected chi connectivity index (χ1v) is 7.39. The van der Waals surface area contributed by atoms with E-state index in [9.17, 15) is 9.59 Å². The summed E-state index contributed by atoms with van der Waals surface area (Å²) in [5.74, 6) is -0.277. The van der Waals surface area contributed by atoms with Crippen molar-refractivity contribution in [2.24, 2.45) is 0 Å². The van der Waals surface area contributed by atoms with Crippen LogP contribution in [0.1, 0.15) is 21.5 Å². The number of hydrogen-bond donors (Lipinski definition) is 0. The summed E-state index contributed by atoms with van der Waals surface area (Å²) in [5.41, 5.74) is 3.62. The van der Waals surface area contributed by atoms with Gasteiger partial charge < -0.3 is 9.30 Å². The molecule has 0 bridgehead atoms. The monoisotopic (exact) mass is 307 g/mol. The van der Waals surface area contributed by atoms with Crippen molar-refractivity contribution < 1.29 is 14.3 Å². The van der Waals surface area contributed by atoms with Crippen LogP contribution in [0.5, 0.6) is 0 Å². The molecule has 0 aliphatic heterocycles. The van der Waals surface area contributed by atoms with Gasteiger partial charge in [0.2, 0.25) is 0 Å². The summed E-state index contributed by atoms with van der Waals surface area (Å²) in [5, 5.41) is 0.893. The van der Waals surface area contributed by atoms with Gasteiger partial charge in [-0.05, 0) is 17.2 Å². The molecule has 2 aromatic carbocycles. The van der Waals surface area contributed by atoms with E-state index in [4.69, 9.17) is 4.74 Å². The molecule has 0 fully saturated rings. The number of carbonyl (C=O) groups is 2. The second-order valence-corrected chi connectivity index (χ2v) is 5.42. The van der Waals surface area contributed by atoms with Crippen molar-refractivity contribution in [1.82, 2.24) is 4.57 Å². The van der Waals surface area contributed by atoms with Crippen LogP contribution in [-0.2, 0) is 22.5 Å². The molecule has 4 nitrogen and oxygen atoms in total. The van der Waals surface area contributed by atoms with E-state index in [-0.39, 0.29) is 12.4 Å². The van der Waals surface area contributed by atoms with Gasteiger partial charge in [-0.1, -0.05) is 42.5 Å². The van der Waals surface area contributed by atoms with Gasteiger partial charge in [-0.25, -0.2) is 0 Å². The Bertz CT molecular complexity index is 850. The quantitative estimate of drug-likeness (QED) is 0.537. The van der Waals surface area contributed by atoms with Crippen LogP contribution < -0.4 is 0 Å². The molecule has 0 aliphatic carbocycles. The fourth-order valence-electron chi connectivity index (χ4n) is 2.72. The first-order chi connectivity index (χ1) is 11.2. The minimum atomic E-state index is -0.277. The Morgan fingerprint density at radius 3 is 2.61 bits per heavy atom. The molecular formula is C19H17NO3. The molecule has 116 valence electrons. The van der Waals surface area contributed by atoms with Crippen LogP contribution in [0.3, 0.4) is 0 Å². The van der Waals surface area contributed by atoms with Crippen molar-refractivity contribution in [3.63, 3.8) is 0 Å². The van der Waals surface area contributed by atoms with Gasteiger partial charge in [0.05, 0.1) is 13.5 Å². The number of benzene rings is 2. The van der Waals surface area contributed by atoms with Gasteiger partial charge in [0.1, 0.15) is 0 Å². The van der Waals surface area contributed by atoms with Gasteiger partial charge in [-0.2, -0.15) is 0 Å². The third-order valence-electron chi connectivity index (χ3n) is 3.88. The number of fused-ring (bicyclic) bond motifs is 1. The molecule has 0 atom stereocenters. The number of rotatable bonds is 5. The molecular weight excluding hydrogens is 290 g/mol. The number of ether oxygens (including phenoxy) is 1. The first-order valence-electron chi connectivity index (χ1n) is 7.39. The number of aldehydes is 1. The molecule has 0 amide bonds. The second kappa shape index (κ2) is 6.48. The molecule has 0 radical (unpaired) electrons. The molecule has 0 saturated carbocycles. The summed E-state index contributed by atoms with van der Waals surface area (Å²) in [6, 6.07) is 15.7. The first kappa shape index (κ1) is 15.0. The third kappa shape index (κ3) is 3.16. The standard InChI is InChI=1S/C19H17NO3/c1-23-19(22)10-15-7-8-17-16(13-21)12-20(18(17)9-15)11-14-5-3-2-4-6-14/h2-9,12-13H,10-11H2,1H3. The van der Waals surface area contributed by atoms with Crippen LogP contribution in [0.4, 0.5) is 0 Å². The van der Waals surface area contributed by atoms with Crippen molar-refractivity contribution in [1.29, 1.82) is 0 Å². The maximum atomic E-state index is 11.5. The van der Waals surface area contributed by atoms with Gasteiger partial charge in [0, 0.05) is 29.2 Å². The van der Waals surface area contributed by atoms with Crippen molar-refractivity contribution in [2.75, 3.05) is 7.11 Å². The Balaban J connectivity index is 2.03. The van der Waals surface area contributed by atoms with Crippen LogP contribution in [0, 0.1) is 0 Å². The summed E-state index contributed by atoms with van der Waals surface area (Å²) in [6.45, 7) is 0.673. The molecule has 0 aliphatic rings. The lowest BCUT2D eigenvalue weighted by Crippen LogP contribution is -2.04. The largest absolute Gasteiger partial charge is 0.469 e. The Kier molecular flexibility index (Phi) is 4.24. The number of hydrogen-bond acceptors (Lipinski definition) is 3. The van der Waals surface area contributed by atoms with E-state index in [0.717, 1.165) is 28.3 Å². The van der Waals surface area contributed by atoms with Crippen LogP contribution >= 0.6 is 0 Å². The molecule has 3 rings (SSSR count). The van der Waals surface area contributed by atoms with E-state index in [0.29, 0.717) is 12.1 Å². The maximum Gasteiger partial charge on any atom is 0.309 e. The zero-order valence-corrected chi connectivity index (χ0v) is 12.9. The highest BCUT2D eigenvalue weighted by Gasteiger charge is 2.11. The fourth-order valence-corrected chi connectivity index (χ4v) is 2.72. The van der Waals surface area contributed by atoms with Crippen LogP contribution in [0.25, 0.3) is 10.9 Å². The van der Waals surface area contributed by atoms with E-state index in [1.807, 2.05) is 59.3 Å². The minimum absolute atomic E-state index is 0.222. The van der Waals surface area contributed by atoms with E-state index in [1.165, 1.54) is 7.11 Å². The Morgan fingerprint density at radius 1 is 1.13 bits per heavy atom. The molecule has 0 spiro atoms. The summed E-state index contributed by atoms with van der Waals surface area (Å²) in [7, 11) is 1.38. The summed E-state index contributed by atoms with van der Waals surface area (Å²) in [4.78, 5) is 22.8. The maximum absolute atomic E-state index is 11.5. The zero-order chi connectivity index (χ0) is 16.2. The van der Waals surface area contributed by atoms with Crippen LogP contribution in [0.15, 0.2) is 54.7 Å². The molecule has 23 heavy (non-hydrogen) atoms. The van der Waals surface area contributed by atoms with Crippen molar-refractivity contribution in [3.05, 3.63) is 71.4 Å². The van der Waals surface area contributed by atoms with Crippen molar-refractivity contribution >= 4 is 23.2 Å². The predicted octanol–water partition coefficient (Wildman–Crippen LogP) is 3.22. The normalized spacial score (nSPS) is 10.7. The number of nitrogens with zero attached hydrogens (tertiary/aromatic N) is 1. The number of carbonyl (C=O) groups excluding carboxylic acids is 2. The zero-order valence-electron chi connectivity index (χ0n) is 12.9. The highest BCUT2D eigenvalue weighted by Crippen LogP contribution is 2.23. The van der Waals surface area contributed by atoms with E-state index < -0.39 is 0 Å².